The van der Waals surface area contributed by atoms with Crippen LogP contribution in [-0.2, 0) is 6.42 Å². The van der Waals surface area contributed by atoms with E-state index in [1.54, 1.807) is 11.3 Å². The normalized spacial score (nSPS) is 25.5. The Labute approximate surface area is 109 Å². The topological polar surface area (TPSA) is 15.3 Å². The van der Waals surface area contributed by atoms with Gasteiger partial charge in [0.05, 0.1) is 0 Å². The Balaban J connectivity index is 1.54. The molecule has 0 radical (unpaired) electrons. The molecule has 17 heavy (non-hydrogen) atoms. The minimum atomic E-state index is 0.781. The summed E-state index contributed by atoms with van der Waals surface area (Å²) in [6, 6.07) is 3.00. The van der Waals surface area contributed by atoms with Crippen LogP contribution in [0.3, 0.4) is 0 Å². The summed E-state index contributed by atoms with van der Waals surface area (Å²) in [5, 5.41) is 7.95. The van der Waals surface area contributed by atoms with Crippen molar-refractivity contribution in [2.24, 2.45) is 5.92 Å². The Morgan fingerprint density at radius 1 is 1.41 bits per heavy atom. The monoisotopic (exact) mass is 252 g/mol. The minimum Gasteiger partial charge on any atom is -0.315 e. The summed E-state index contributed by atoms with van der Waals surface area (Å²) in [5.74, 6) is 0.885. The highest BCUT2D eigenvalue weighted by Gasteiger charge is 2.24. The second kappa shape index (κ2) is 6.53. The van der Waals surface area contributed by atoms with Crippen molar-refractivity contribution >= 4 is 11.3 Å². The van der Waals surface area contributed by atoms with E-state index in [0.717, 1.165) is 31.5 Å². The van der Waals surface area contributed by atoms with Crippen molar-refractivity contribution in [1.29, 1.82) is 0 Å². The first kappa shape index (κ1) is 13.1. The molecule has 0 aromatic carbocycles. The van der Waals surface area contributed by atoms with Gasteiger partial charge in [-0.15, -0.1) is 0 Å². The maximum Gasteiger partial charge on any atom is 0.0110 e. The quantitative estimate of drug-likeness (QED) is 0.783. The van der Waals surface area contributed by atoms with Gasteiger partial charge in [0.15, 0.2) is 0 Å². The molecule has 2 nitrogen and oxygen atoms in total. The van der Waals surface area contributed by atoms with E-state index >= 15 is 0 Å². The van der Waals surface area contributed by atoms with E-state index < -0.39 is 0 Å². The van der Waals surface area contributed by atoms with E-state index in [1.165, 1.54) is 25.1 Å². The molecule has 1 fully saturated rings. The van der Waals surface area contributed by atoms with E-state index in [4.69, 9.17) is 0 Å². The molecule has 2 rings (SSSR count). The summed E-state index contributed by atoms with van der Waals surface area (Å²) >= 11 is 1.79. The third kappa shape index (κ3) is 4.09. The maximum atomic E-state index is 3.55. The molecule has 0 aliphatic carbocycles. The van der Waals surface area contributed by atoms with Gasteiger partial charge in [-0.1, -0.05) is 6.92 Å². The fourth-order valence-corrected chi connectivity index (χ4v) is 3.42. The number of likely N-dealkylation sites (tertiary alicyclic amines) is 1. The van der Waals surface area contributed by atoms with Gasteiger partial charge in [0.1, 0.15) is 0 Å². The first-order valence-corrected chi connectivity index (χ1v) is 7.66. The van der Waals surface area contributed by atoms with E-state index in [1.807, 2.05) is 0 Å². The molecule has 2 heterocycles. The molecule has 3 heteroatoms. The van der Waals surface area contributed by atoms with Crippen molar-refractivity contribution in [3.05, 3.63) is 22.4 Å². The van der Waals surface area contributed by atoms with Crippen molar-refractivity contribution in [3.8, 4) is 0 Å². The molecule has 96 valence electrons. The third-order valence-electron chi connectivity index (χ3n) is 3.66. The lowest BCUT2D eigenvalue weighted by molar-refractivity contribution is 0.265. The van der Waals surface area contributed by atoms with Crippen LogP contribution >= 0.6 is 11.3 Å². The summed E-state index contributed by atoms with van der Waals surface area (Å²) in [4.78, 5) is 2.61. The summed E-state index contributed by atoms with van der Waals surface area (Å²) in [6.45, 7) is 9.44. The van der Waals surface area contributed by atoms with Gasteiger partial charge in [-0.3, -0.25) is 4.90 Å². The molecule has 1 aromatic rings. The second-order valence-corrected chi connectivity index (χ2v) is 6.10. The Morgan fingerprint density at radius 2 is 2.29 bits per heavy atom. The molecule has 0 saturated carbocycles. The largest absolute Gasteiger partial charge is 0.315 e. The average Bonchev–Trinajstić information content (AvgIpc) is 2.89. The van der Waals surface area contributed by atoms with E-state index in [2.05, 4.69) is 40.9 Å². The molecule has 1 aliphatic rings. The van der Waals surface area contributed by atoms with Crippen LogP contribution < -0.4 is 5.32 Å². The number of hydrogen-bond donors (Lipinski definition) is 1. The van der Waals surface area contributed by atoms with Crippen molar-refractivity contribution < 1.29 is 0 Å². The van der Waals surface area contributed by atoms with Crippen molar-refractivity contribution in [2.45, 2.75) is 32.7 Å². The first-order chi connectivity index (χ1) is 8.25. The zero-order valence-electron chi connectivity index (χ0n) is 11.0. The van der Waals surface area contributed by atoms with Gasteiger partial charge < -0.3 is 5.32 Å². The first-order valence-electron chi connectivity index (χ1n) is 6.71. The molecule has 1 N–H and O–H groups in total. The van der Waals surface area contributed by atoms with Gasteiger partial charge in [0.25, 0.3) is 0 Å². The molecular formula is C14H24N2S. The van der Waals surface area contributed by atoms with E-state index in [-0.39, 0.29) is 0 Å². The third-order valence-corrected chi connectivity index (χ3v) is 4.39. The Hall–Kier alpha value is -0.380. The zero-order valence-corrected chi connectivity index (χ0v) is 11.8. The molecule has 0 amide bonds. The molecule has 1 aliphatic heterocycles. The standard InChI is InChI=1S/C14H24N2S/c1-12-9-13(2)16(10-12)7-6-15-5-3-14-4-8-17-11-14/h4,8,11-13,15H,3,5-7,9-10H2,1-2H3. The van der Waals surface area contributed by atoms with Crippen LogP contribution in [0.2, 0.25) is 0 Å². The van der Waals surface area contributed by atoms with Gasteiger partial charge in [0, 0.05) is 25.7 Å². The SMILES string of the molecule is CC1CC(C)N(CCNCCc2ccsc2)C1. The lowest BCUT2D eigenvalue weighted by Crippen LogP contribution is -2.35. The molecule has 1 aromatic heterocycles. The van der Waals surface area contributed by atoms with E-state index in [0.29, 0.717) is 0 Å². The fourth-order valence-electron chi connectivity index (χ4n) is 2.71. The minimum absolute atomic E-state index is 0.781. The van der Waals surface area contributed by atoms with Crippen molar-refractivity contribution in [3.63, 3.8) is 0 Å². The van der Waals surface area contributed by atoms with Crippen LogP contribution in [0.25, 0.3) is 0 Å². The highest BCUT2D eigenvalue weighted by atomic mass is 32.1. The van der Waals surface area contributed by atoms with Crippen molar-refractivity contribution in [2.75, 3.05) is 26.2 Å². The Kier molecular flexibility index (Phi) is 5.01. The Bertz CT molecular complexity index is 310. The number of nitrogens with one attached hydrogen (secondary N) is 1. The van der Waals surface area contributed by atoms with Crippen LogP contribution in [0.1, 0.15) is 25.8 Å². The van der Waals surface area contributed by atoms with Gasteiger partial charge in [-0.2, -0.15) is 11.3 Å². The summed E-state index contributed by atoms with van der Waals surface area (Å²) in [5.41, 5.74) is 1.46. The molecule has 2 atom stereocenters. The lowest BCUT2D eigenvalue weighted by atomic mass is 10.1. The van der Waals surface area contributed by atoms with Gasteiger partial charge in [-0.05, 0) is 54.6 Å². The van der Waals surface area contributed by atoms with Crippen LogP contribution in [-0.4, -0.2) is 37.1 Å². The molecular weight excluding hydrogens is 228 g/mol. The van der Waals surface area contributed by atoms with Gasteiger partial charge in [-0.25, -0.2) is 0 Å². The van der Waals surface area contributed by atoms with Gasteiger partial charge >= 0.3 is 0 Å². The fraction of sp³-hybridized carbons (Fsp3) is 0.714. The molecule has 1 saturated heterocycles. The predicted molar refractivity (Wildman–Crippen MR) is 75.7 cm³/mol. The van der Waals surface area contributed by atoms with Crippen LogP contribution in [0.15, 0.2) is 16.8 Å². The zero-order chi connectivity index (χ0) is 12.1. The second-order valence-electron chi connectivity index (χ2n) is 5.32. The highest BCUT2D eigenvalue weighted by molar-refractivity contribution is 7.07. The number of hydrogen-bond acceptors (Lipinski definition) is 3. The highest BCUT2D eigenvalue weighted by Crippen LogP contribution is 2.21. The van der Waals surface area contributed by atoms with E-state index in [9.17, 15) is 0 Å². The molecule has 0 bridgehead atoms. The smallest absolute Gasteiger partial charge is 0.0110 e. The predicted octanol–water partition coefficient (Wildman–Crippen LogP) is 2.61. The average molecular weight is 252 g/mol. The van der Waals surface area contributed by atoms with Gasteiger partial charge in [0.2, 0.25) is 0 Å². The van der Waals surface area contributed by atoms with Crippen LogP contribution in [0, 0.1) is 5.92 Å². The number of nitrogens with zero attached hydrogens (tertiary/aromatic N) is 1. The summed E-state index contributed by atoms with van der Waals surface area (Å²) < 4.78 is 0. The molecule has 0 spiro atoms. The van der Waals surface area contributed by atoms with Crippen LogP contribution in [0.5, 0.6) is 0 Å². The van der Waals surface area contributed by atoms with Crippen molar-refractivity contribution in [1.82, 2.24) is 10.2 Å². The number of rotatable bonds is 6. The Morgan fingerprint density at radius 3 is 2.94 bits per heavy atom. The number of thiophene rings is 1. The summed E-state index contributed by atoms with van der Waals surface area (Å²) in [7, 11) is 0. The lowest BCUT2D eigenvalue weighted by Gasteiger charge is -2.20. The van der Waals surface area contributed by atoms with Crippen LogP contribution in [0.4, 0.5) is 0 Å². The summed E-state index contributed by atoms with van der Waals surface area (Å²) in [6.07, 6.45) is 2.53. The maximum absolute atomic E-state index is 3.55. The molecule has 2 unspecified atom stereocenters.